The van der Waals surface area contributed by atoms with Crippen LogP contribution in [0.2, 0.25) is 0 Å². The Kier molecular flexibility index (Phi) is 6.30. The number of carbonyl (C=O) groups excluding carboxylic acids is 1. The molecule has 0 bridgehead atoms. The minimum Gasteiger partial charge on any atom is -0.497 e. The smallest absolute Gasteiger partial charge is 0.276 e. The standard InChI is InChI=1S/C26H26N6O3/c1-34-22-7-3-5-20(17-22)30-13-15-31(16-14-30)26(33)24-25(19-9-11-27-12-10-19)32(29-28-24)21-6-4-8-23(18-21)35-2/h3-12,17-18H,13-16H2,1-2H3. The molecule has 2 aromatic carbocycles. The average Bonchev–Trinajstić information content (AvgIpc) is 3.38. The molecule has 1 amide bonds. The highest BCUT2D eigenvalue weighted by molar-refractivity contribution is 5.98. The summed E-state index contributed by atoms with van der Waals surface area (Å²) in [6.07, 6.45) is 3.39. The van der Waals surface area contributed by atoms with Crippen molar-refractivity contribution in [2.75, 3.05) is 45.3 Å². The van der Waals surface area contributed by atoms with E-state index < -0.39 is 0 Å². The molecule has 0 atom stereocenters. The fourth-order valence-corrected chi connectivity index (χ4v) is 4.24. The van der Waals surface area contributed by atoms with Gasteiger partial charge < -0.3 is 19.3 Å². The summed E-state index contributed by atoms with van der Waals surface area (Å²) in [4.78, 5) is 21.8. The van der Waals surface area contributed by atoms with Gasteiger partial charge in [0.05, 0.1) is 19.9 Å². The van der Waals surface area contributed by atoms with E-state index in [1.54, 1.807) is 31.3 Å². The molecule has 5 rings (SSSR count). The average molecular weight is 471 g/mol. The molecule has 0 unspecified atom stereocenters. The second kappa shape index (κ2) is 9.84. The maximum Gasteiger partial charge on any atom is 0.276 e. The van der Waals surface area contributed by atoms with Crippen LogP contribution in [0.1, 0.15) is 10.5 Å². The lowest BCUT2D eigenvalue weighted by molar-refractivity contribution is 0.0741. The van der Waals surface area contributed by atoms with Crippen molar-refractivity contribution in [1.82, 2.24) is 24.9 Å². The molecule has 1 aliphatic rings. The zero-order chi connectivity index (χ0) is 24.2. The number of ether oxygens (including phenoxy) is 2. The number of pyridine rings is 1. The van der Waals surface area contributed by atoms with Crippen LogP contribution in [-0.2, 0) is 0 Å². The van der Waals surface area contributed by atoms with E-state index in [0.717, 1.165) is 22.7 Å². The number of aromatic nitrogens is 4. The molecule has 0 spiro atoms. The highest BCUT2D eigenvalue weighted by Gasteiger charge is 2.29. The zero-order valence-corrected chi connectivity index (χ0v) is 19.7. The molecule has 0 aliphatic carbocycles. The number of amides is 1. The van der Waals surface area contributed by atoms with E-state index in [1.807, 2.05) is 59.5 Å². The van der Waals surface area contributed by atoms with Gasteiger partial charge in [-0.25, -0.2) is 4.68 Å². The molecule has 2 aromatic heterocycles. The molecule has 35 heavy (non-hydrogen) atoms. The number of piperazine rings is 1. The molecule has 4 aromatic rings. The van der Waals surface area contributed by atoms with Crippen molar-refractivity contribution in [3.05, 3.63) is 78.8 Å². The van der Waals surface area contributed by atoms with E-state index in [9.17, 15) is 4.79 Å². The Hall–Kier alpha value is -4.40. The minimum absolute atomic E-state index is 0.142. The van der Waals surface area contributed by atoms with Gasteiger partial charge in [-0.05, 0) is 36.4 Å². The lowest BCUT2D eigenvalue weighted by Crippen LogP contribution is -2.49. The number of anilines is 1. The Morgan fingerprint density at radius 2 is 1.46 bits per heavy atom. The van der Waals surface area contributed by atoms with Gasteiger partial charge in [-0.15, -0.1) is 5.10 Å². The quantitative estimate of drug-likeness (QED) is 0.427. The molecular formula is C26H26N6O3. The molecule has 0 N–H and O–H groups in total. The Morgan fingerprint density at radius 1 is 0.829 bits per heavy atom. The van der Waals surface area contributed by atoms with E-state index in [0.29, 0.717) is 43.3 Å². The van der Waals surface area contributed by atoms with Gasteiger partial charge in [0.2, 0.25) is 0 Å². The fraction of sp³-hybridized carbons (Fsp3) is 0.231. The molecule has 1 fully saturated rings. The van der Waals surface area contributed by atoms with E-state index in [2.05, 4.69) is 26.3 Å². The SMILES string of the molecule is COc1cccc(N2CCN(C(=O)c3nnn(-c4cccc(OC)c4)c3-c3ccncc3)CC2)c1. The monoisotopic (exact) mass is 470 g/mol. The lowest BCUT2D eigenvalue weighted by Gasteiger charge is -2.36. The molecular weight excluding hydrogens is 444 g/mol. The fourth-order valence-electron chi connectivity index (χ4n) is 4.24. The van der Waals surface area contributed by atoms with Crippen LogP contribution in [0.15, 0.2) is 73.1 Å². The number of methoxy groups -OCH3 is 2. The van der Waals surface area contributed by atoms with Crippen LogP contribution in [0, 0.1) is 0 Å². The van der Waals surface area contributed by atoms with E-state index in [-0.39, 0.29) is 5.91 Å². The Morgan fingerprint density at radius 3 is 2.11 bits per heavy atom. The van der Waals surface area contributed by atoms with Gasteiger partial charge in [0.15, 0.2) is 5.69 Å². The number of hydrogen-bond acceptors (Lipinski definition) is 7. The lowest BCUT2D eigenvalue weighted by atomic mass is 10.1. The van der Waals surface area contributed by atoms with Gasteiger partial charge in [-0.3, -0.25) is 9.78 Å². The van der Waals surface area contributed by atoms with Crippen molar-refractivity contribution < 1.29 is 14.3 Å². The summed E-state index contributed by atoms with van der Waals surface area (Å²) in [6.45, 7) is 2.59. The molecule has 178 valence electrons. The minimum atomic E-state index is -0.142. The summed E-state index contributed by atoms with van der Waals surface area (Å²) in [5.74, 6) is 1.37. The molecule has 3 heterocycles. The first kappa shape index (κ1) is 22.4. The molecule has 1 aliphatic heterocycles. The summed E-state index contributed by atoms with van der Waals surface area (Å²) in [6, 6.07) is 19.2. The van der Waals surface area contributed by atoms with Gasteiger partial charge in [0.25, 0.3) is 5.91 Å². The van der Waals surface area contributed by atoms with Crippen molar-refractivity contribution in [2.24, 2.45) is 0 Å². The Labute approximate surface area is 203 Å². The van der Waals surface area contributed by atoms with E-state index in [1.165, 1.54) is 0 Å². The third-order valence-corrected chi connectivity index (χ3v) is 6.11. The van der Waals surface area contributed by atoms with Crippen molar-refractivity contribution in [3.63, 3.8) is 0 Å². The van der Waals surface area contributed by atoms with Crippen molar-refractivity contribution in [3.8, 4) is 28.4 Å². The molecule has 1 saturated heterocycles. The number of benzene rings is 2. The number of rotatable bonds is 6. The van der Waals surface area contributed by atoms with Crippen LogP contribution < -0.4 is 14.4 Å². The first-order chi connectivity index (χ1) is 17.2. The zero-order valence-electron chi connectivity index (χ0n) is 19.7. The normalized spacial score (nSPS) is 13.5. The number of nitrogens with zero attached hydrogens (tertiary/aromatic N) is 6. The maximum absolute atomic E-state index is 13.6. The van der Waals surface area contributed by atoms with Crippen LogP contribution in [0.4, 0.5) is 5.69 Å². The molecule has 0 radical (unpaired) electrons. The predicted molar refractivity (Wildman–Crippen MR) is 132 cm³/mol. The van der Waals surface area contributed by atoms with Crippen LogP contribution in [0.3, 0.4) is 0 Å². The van der Waals surface area contributed by atoms with Gasteiger partial charge in [0.1, 0.15) is 17.2 Å². The molecule has 0 saturated carbocycles. The molecule has 9 nitrogen and oxygen atoms in total. The second-order valence-corrected chi connectivity index (χ2v) is 8.12. The van der Waals surface area contributed by atoms with Gasteiger partial charge in [-0.1, -0.05) is 17.3 Å². The molecule has 9 heteroatoms. The Bertz CT molecular complexity index is 1320. The van der Waals surface area contributed by atoms with Crippen molar-refractivity contribution in [1.29, 1.82) is 0 Å². The van der Waals surface area contributed by atoms with Crippen LogP contribution in [0.25, 0.3) is 16.9 Å². The number of hydrogen-bond donors (Lipinski definition) is 0. The van der Waals surface area contributed by atoms with Crippen molar-refractivity contribution >= 4 is 11.6 Å². The van der Waals surface area contributed by atoms with Gasteiger partial charge >= 0.3 is 0 Å². The maximum atomic E-state index is 13.6. The first-order valence-electron chi connectivity index (χ1n) is 11.4. The highest BCUT2D eigenvalue weighted by Crippen LogP contribution is 2.28. The summed E-state index contributed by atoms with van der Waals surface area (Å²) >= 11 is 0. The van der Waals surface area contributed by atoms with Crippen LogP contribution >= 0.6 is 0 Å². The highest BCUT2D eigenvalue weighted by atomic mass is 16.5. The van der Waals surface area contributed by atoms with Gasteiger partial charge in [-0.2, -0.15) is 0 Å². The van der Waals surface area contributed by atoms with Crippen LogP contribution in [0.5, 0.6) is 11.5 Å². The van der Waals surface area contributed by atoms with Crippen molar-refractivity contribution in [2.45, 2.75) is 0 Å². The first-order valence-corrected chi connectivity index (χ1v) is 11.4. The van der Waals surface area contributed by atoms with Gasteiger partial charge in [0, 0.05) is 62.0 Å². The third-order valence-electron chi connectivity index (χ3n) is 6.11. The largest absolute Gasteiger partial charge is 0.497 e. The summed E-state index contributed by atoms with van der Waals surface area (Å²) < 4.78 is 12.4. The van der Waals surface area contributed by atoms with E-state index >= 15 is 0 Å². The van der Waals surface area contributed by atoms with Crippen LogP contribution in [-0.4, -0.2) is 71.2 Å². The summed E-state index contributed by atoms with van der Waals surface area (Å²) in [5, 5.41) is 8.68. The topological polar surface area (TPSA) is 85.6 Å². The Balaban J connectivity index is 1.43. The summed E-state index contributed by atoms with van der Waals surface area (Å²) in [7, 11) is 3.28. The number of carbonyl (C=O) groups is 1. The third kappa shape index (κ3) is 4.52. The second-order valence-electron chi connectivity index (χ2n) is 8.12. The predicted octanol–water partition coefficient (Wildman–Crippen LogP) is 3.31. The van der Waals surface area contributed by atoms with E-state index in [4.69, 9.17) is 9.47 Å². The summed E-state index contributed by atoms with van der Waals surface area (Å²) in [5.41, 5.74) is 3.59.